The van der Waals surface area contributed by atoms with Crippen LogP contribution >= 0.6 is 0 Å². The maximum Gasteiger partial charge on any atom is 0.119 e. The van der Waals surface area contributed by atoms with Crippen LogP contribution in [-0.2, 0) is 0 Å². The Labute approximate surface area is 121 Å². The topological polar surface area (TPSA) is 34.2 Å². The molecule has 0 spiro atoms. The summed E-state index contributed by atoms with van der Waals surface area (Å²) in [6.45, 7) is 7.18. The molecule has 0 saturated carbocycles. The number of pyridine rings is 1. The molecule has 1 aromatic heterocycles. The van der Waals surface area contributed by atoms with Gasteiger partial charge in [0.1, 0.15) is 5.75 Å². The molecular weight excluding hydrogens is 248 g/mol. The van der Waals surface area contributed by atoms with E-state index in [1.54, 1.807) is 0 Å². The molecule has 3 nitrogen and oxygen atoms in total. The molecule has 2 rings (SSSR count). The number of nitrogens with zero attached hydrogens (tertiary/aromatic N) is 1. The second-order valence-corrected chi connectivity index (χ2v) is 5.05. The van der Waals surface area contributed by atoms with Crippen LogP contribution in [0.5, 0.6) is 5.75 Å². The second kappa shape index (κ2) is 6.94. The Balaban J connectivity index is 2.14. The van der Waals surface area contributed by atoms with E-state index in [1.807, 2.05) is 50.4 Å². The van der Waals surface area contributed by atoms with Crippen molar-refractivity contribution in [2.24, 2.45) is 0 Å². The zero-order valence-electron chi connectivity index (χ0n) is 12.4. The molecule has 106 valence electrons. The highest BCUT2D eigenvalue weighted by Gasteiger charge is 2.02. The molecule has 0 aliphatic heterocycles. The van der Waals surface area contributed by atoms with Gasteiger partial charge in [-0.25, -0.2) is 0 Å². The van der Waals surface area contributed by atoms with E-state index in [4.69, 9.17) is 4.74 Å². The molecular formula is C17H22N2O. The first-order valence-electron chi connectivity index (χ1n) is 7.16. The number of aromatic nitrogens is 1. The highest BCUT2D eigenvalue weighted by atomic mass is 16.5. The maximum absolute atomic E-state index is 5.65. The smallest absolute Gasteiger partial charge is 0.119 e. The summed E-state index contributed by atoms with van der Waals surface area (Å²) in [5.74, 6) is 0.893. The van der Waals surface area contributed by atoms with Gasteiger partial charge in [-0.2, -0.15) is 0 Å². The minimum Gasteiger partial charge on any atom is -0.491 e. The third-order valence-corrected chi connectivity index (χ3v) is 2.86. The van der Waals surface area contributed by atoms with Crippen LogP contribution in [0.4, 0.5) is 5.69 Å². The maximum atomic E-state index is 5.65. The Morgan fingerprint density at radius 2 is 1.90 bits per heavy atom. The van der Waals surface area contributed by atoms with Gasteiger partial charge in [-0.1, -0.05) is 6.92 Å². The van der Waals surface area contributed by atoms with Gasteiger partial charge in [0.15, 0.2) is 0 Å². The van der Waals surface area contributed by atoms with Gasteiger partial charge < -0.3 is 10.1 Å². The summed E-state index contributed by atoms with van der Waals surface area (Å²) < 4.78 is 5.65. The van der Waals surface area contributed by atoms with Crippen molar-refractivity contribution in [2.45, 2.75) is 33.3 Å². The van der Waals surface area contributed by atoms with E-state index in [1.165, 1.54) is 0 Å². The van der Waals surface area contributed by atoms with Crippen LogP contribution in [-0.4, -0.2) is 17.6 Å². The highest BCUT2D eigenvalue weighted by molar-refractivity contribution is 5.64. The number of nitrogens with one attached hydrogen (secondary N) is 1. The number of rotatable bonds is 6. The van der Waals surface area contributed by atoms with Crippen LogP contribution < -0.4 is 10.1 Å². The lowest BCUT2D eigenvalue weighted by molar-refractivity contribution is 0.242. The molecule has 1 N–H and O–H groups in total. The fourth-order valence-electron chi connectivity index (χ4n) is 1.94. The van der Waals surface area contributed by atoms with Gasteiger partial charge in [-0.05, 0) is 56.7 Å². The number of ether oxygens (including phenoxy) is 1. The molecule has 1 aromatic carbocycles. The van der Waals surface area contributed by atoms with Crippen molar-refractivity contribution in [1.82, 2.24) is 4.98 Å². The van der Waals surface area contributed by atoms with Gasteiger partial charge in [-0.3, -0.25) is 4.98 Å². The summed E-state index contributed by atoms with van der Waals surface area (Å²) in [7, 11) is 0. The summed E-state index contributed by atoms with van der Waals surface area (Å²) in [6.07, 6.45) is 3.14. The monoisotopic (exact) mass is 270 g/mol. The van der Waals surface area contributed by atoms with E-state index in [0.29, 0.717) is 0 Å². The zero-order valence-corrected chi connectivity index (χ0v) is 12.4. The molecule has 1 heterocycles. The lowest BCUT2D eigenvalue weighted by Crippen LogP contribution is -2.05. The van der Waals surface area contributed by atoms with E-state index in [9.17, 15) is 0 Å². The lowest BCUT2D eigenvalue weighted by Gasteiger charge is -2.10. The van der Waals surface area contributed by atoms with Crippen molar-refractivity contribution in [3.63, 3.8) is 0 Å². The molecule has 3 heteroatoms. The van der Waals surface area contributed by atoms with E-state index in [-0.39, 0.29) is 6.10 Å². The number of hydrogen-bond donors (Lipinski definition) is 1. The molecule has 0 atom stereocenters. The van der Waals surface area contributed by atoms with E-state index in [0.717, 1.165) is 35.7 Å². The van der Waals surface area contributed by atoms with E-state index >= 15 is 0 Å². The average Bonchev–Trinajstić information content (AvgIpc) is 2.45. The van der Waals surface area contributed by atoms with Crippen LogP contribution in [0.25, 0.3) is 11.3 Å². The average molecular weight is 270 g/mol. The van der Waals surface area contributed by atoms with Crippen LogP contribution in [0.15, 0.2) is 42.6 Å². The minimum absolute atomic E-state index is 0.195. The Morgan fingerprint density at radius 3 is 2.55 bits per heavy atom. The second-order valence-electron chi connectivity index (χ2n) is 5.05. The highest BCUT2D eigenvalue weighted by Crippen LogP contribution is 2.23. The predicted octanol–water partition coefficient (Wildman–Crippen LogP) is 4.36. The van der Waals surface area contributed by atoms with Crippen LogP contribution in [0.3, 0.4) is 0 Å². The Hall–Kier alpha value is -2.03. The fraction of sp³-hybridized carbons (Fsp3) is 0.353. The van der Waals surface area contributed by atoms with Gasteiger partial charge in [-0.15, -0.1) is 0 Å². The molecule has 0 saturated heterocycles. The Bertz CT molecular complexity index is 535. The summed E-state index contributed by atoms with van der Waals surface area (Å²) >= 11 is 0. The first-order chi connectivity index (χ1) is 9.69. The SMILES string of the molecule is CCCNc1ccnc(-c2ccc(OC(C)C)cc2)c1. The van der Waals surface area contributed by atoms with Crippen LogP contribution in [0, 0.1) is 0 Å². The van der Waals surface area contributed by atoms with Gasteiger partial charge >= 0.3 is 0 Å². The molecule has 0 unspecified atom stereocenters. The van der Waals surface area contributed by atoms with Crippen molar-refractivity contribution in [2.75, 3.05) is 11.9 Å². The molecule has 20 heavy (non-hydrogen) atoms. The predicted molar refractivity (Wildman–Crippen MR) is 84.2 cm³/mol. The third kappa shape index (κ3) is 3.98. The van der Waals surface area contributed by atoms with Crippen molar-refractivity contribution < 1.29 is 4.74 Å². The van der Waals surface area contributed by atoms with Crippen molar-refractivity contribution in [1.29, 1.82) is 0 Å². The lowest BCUT2D eigenvalue weighted by atomic mass is 10.1. The third-order valence-electron chi connectivity index (χ3n) is 2.86. The molecule has 0 fully saturated rings. The summed E-state index contributed by atoms with van der Waals surface area (Å²) in [6, 6.07) is 12.1. The molecule has 0 aliphatic rings. The van der Waals surface area contributed by atoms with Crippen molar-refractivity contribution in [3.8, 4) is 17.0 Å². The summed E-state index contributed by atoms with van der Waals surface area (Å²) in [5, 5.41) is 3.38. The Kier molecular flexibility index (Phi) is 4.99. The largest absolute Gasteiger partial charge is 0.491 e. The van der Waals surface area contributed by atoms with E-state index in [2.05, 4.69) is 23.3 Å². The van der Waals surface area contributed by atoms with Crippen LogP contribution in [0.2, 0.25) is 0 Å². The molecule has 0 amide bonds. The quantitative estimate of drug-likeness (QED) is 0.847. The number of benzene rings is 1. The normalized spacial score (nSPS) is 10.6. The molecule has 2 aromatic rings. The molecule has 0 bridgehead atoms. The first kappa shape index (κ1) is 14.4. The molecule has 0 aliphatic carbocycles. The van der Waals surface area contributed by atoms with Gasteiger partial charge in [0.05, 0.1) is 11.8 Å². The van der Waals surface area contributed by atoms with Crippen molar-refractivity contribution >= 4 is 5.69 Å². The number of hydrogen-bond acceptors (Lipinski definition) is 3. The van der Waals surface area contributed by atoms with Crippen LogP contribution in [0.1, 0.15) is 27.2 Å². The summed E-state index contributed by atoms with van der Waals surface area (Å²) in [5.41, 5.74) is 3.18. The van der Waals surface area contributed by atoms with Gasteiger partial charge in [0.25, 0.3) is 0 Å². The van der Waals surface area contributed by atoms with Crippen molar-refractivity contribution in [3.05, 3.63) is 42.6 Å². The number of anilines is 1. The minimum atomic E-state index is 0.195. The standard InChI is InChI=1S/C17H22N2O/c1-4-10-18-15-9-11-19-17(12-15)14-5-7-16(8-6-14)20-13(2)3/h5-9,11-13H,4,10H2,1-3H3,(H,18,19). The van der Waals surface area contributed by atoms with E-state index < -0.39 is 0 Å². The fourth-order valence-corrected chi connectivity index (χ4v) is 1.94. The Morgan fingerprint density at radius 1 is 1.15 bits per heavy atom. The zero-order chi connectivity index (χ0) is 14.4. The van der Waals surface area contributed by atoms with Gasteiger partial charge in [0.2, 0.25) is 0 Å². The first-order valence-corrected chi connectivity index (χ1v) is 7.16. The summed E-state index contributed by atoms with van der Waals surface area (Å²) in [4.78, 5) is 4.43. The molecule has 0 radical (unpaired) electrons. The van der Waals surface area contributed by atoms with Gasteiger partial charge in [0, 0.05) is 24.0 Å².